The summed E-state index contributed by atoms with van der Waals surface area (Å²) in [7, 11) is 0. The van der Waals surface area contributed by atoms with Gasteiger partial charge in [0.15, 0.2) is 5.78 Å². The van der Waals surface area contributed by atoms with Gasteiger partial charge in [0.05, 0.1) is 18.1 Å². The molecule has 1 saturated heterocycles. The van der Waals surface area contributed by atoms with Gasteiger partial charge in [-0.3, -0.25) is 24.7 Å². The molecule has 2 amide bonds. The van der Waals surface area contributed by atoms with Gasteiger partial charge in [-0.05, 0) is 65.8 Å². The fourth-order valence-corrected chi connectivity index (χ4v) is 4.69. The summed E-state index contributed by atoms with van der Waals surface area (Å²) in [6.45, 7) is 11.0. The van der Waals surface area contributed by atoms with E-state index in [0.29, 0.717) is 12.0 Å². The summed E-state index contributed by atoms with van der Waals surface area (Å²) in [4.78, 5) is 54.1. The quantitative estimate of drug-likeness (QED) is 0.164. The summed E-state index contributed by atoms with van der Waals surface area (Å²) in [6.07, 6.45) is 6.41. The van der Waals surface area contributed by atoms with Crippen LogP contribution in [0.5, 0.6) is 0 Å². The van der Waals surface area contributed by atoms with E-state index in [1.54, 1.807) is 45.9 Å². The molecule has 5 N–H and O–H groups in total. The van der Waals surface area contributed by atoms with Crippen molar-refractivity contribution in [1.82, 2.24) is 15.5 Å². The van der Waals surface area contributed by atoms with E-state index in [1.807, 2.05) is 13.8 Å². The summed E-state index contributed by atoms with van der Waals surface area (Å²) in [5, 5.41) is 13.9. The van der Waals surface area contributed by atoms with Crippen molar-refractivity contribution in [2.24, 2.45) is 17.1 Å². The maximum Gasteiger partial charge on any atom is 0.411 e. The van der Waals surface area contributed by atoms with Crippen LogP contribution in [0.1, 0.15) is 67.2 Å². The van der Waals surface area contributed by atoms with E-state index in [4.69, 9.17) is 20.6 Å². The molecule has 0 spiro atoms. The number of nitrogens with one attached hydrogen (secondary N) is 3. The van der Waals surface area contributed by atoms with Crippen molar-refractivity contribution in [2.45, 2.75) is 84.9 Å². The Hall–Kier alpha value is -3.21. The van der Waals surface area contributed by atoms with Crippen molar-refractivity contribution in [3.8, 4) is 0 Å². The van der Waals surface area contributed by atoms with Gasteiger partial charge in [0.25, 0.3) is 0 Å². The second kappa shape index (κ2) is 13.7. The number of Topliss-reactive ketones (excluding diaryl/α,β-unsaturated/α-hetero) is 1. The average molecular weight is 548 g/mol. The van der Waals surface area contributed by atoms with Crippen LogP contribution in [0.2, 0.25) is 0 Å². The van der Waals surface area contributed by atoms with Crippen molar-refractivity contribution in [1.29, 1.82) is 5.41 Å². The van der Waals surface area contributed by atoms with Crippen molar-refractivity contribution in [3.63, 3.8) is 0 Å². The van der Waals surface area contributed by atoms with Gasteiger partial charge < -0.3 is 25.8 Å². The molecule has 39 heavy (non-hydrogen) atoms. The third kappa shape index (κ3) is 9.19. The molecule has 2 aliphatic rings. The minimum atomic E-state index is -1.04. The highest BCUT2D eigenvalue weighted by molar-refractivity contribution is 5.99. The molecule has 11 heteroatoms. The third-order valence-electron chi connectivity index (χ3n) is 6.63. The van der Waals surface area contributed by atoms with Crippen molar-refractivity contribution in [2.75, 3.05) is 26.2 Å². The second-order valence-electron chi connectivity index (χ2n) is 11.6. The summed E-state index contributed by atoms with van der Waals surface area (Å²) in [5.74, 6) is -1.30. The molecule has 1 heterocycles. The number of esters is 1. The van der Waals surface area contributed by atoms with Gasteiger partial charge in [-0.2, -0.15) is 0 Å². The maximum atomic E-state index is 13.7. The van der Waals surface area contributed by atoms with E-state index >= 15 is 0 Å². The van der Waals surface area contributed by atoms with Crippen LogP contribution in [-0.4, -0.2) is 78.4 Å². The first-order valence-electron chi connectivity index (χ1n) is 13.6. The highest BCUT2D eigenvalue weighted by Crippen LogP contribution is 2.33. The van der Waals surface area contributed by atoms with Crippen molar-refractivity contribution < 1.29 is 28.7 Å². The highest BCUT2D eigenvalue weighted by atomic mass is 16.6. The van der Waals surface area contributed by atoms with Crippen LogP contribution in [0.15, 0.2) is 23.8 Å². The molecule has 0 aromatic rings. The summed E-state index contributed by atoms with van der Waals surface area (Å²) >= 11 is 0. The Morgan fingerprint density at radius 2 is 1.97 bits per heavy atom. The molecule has 0 bridgehead atoms. The van der Waals surface area contributed by atoms with Gasteiger partial charge in [-0.25, -0.2) is 4.79 Å². The first kappa shape index (κ1) is 32.0. The topological polar surface area (TPSA) is 164 Å². The van der Waals surface area contributed by atoms with E-state index in [0.717, 1.165) is 17.9 Å². The van der Waals surface area contributed by atoms with Crippen LogP contribution in [-0.2, 0) is 23.9 Å². The molecule has 1 fully saturated rings. The lowest BCUT2D eigenvalue weighted by atomic mass is 9.73. The summed E-state index contributed by atoms with van der Waals surface area (Å²) < 4.78 is 10.6. The lowest BCUT2D eigenvalue weighted by molar-refractivity contribution is -0.145. The van der Waals surface area contributed by atoms with Crippen LogP contribution in [0.3, 0.4) is 0 Å². The third-order valence-corrected chi connectivity index (χ3v) is 6.63. The Kier molecular flexibility index (Phi) is 11.3. The minimum absolute atomic E-state index is 0.00166. The SMILES string of the molecule is CCOC(=O)CN(C(=O)OC(C)(C)C)[C@H](CC(C)C)C(=O)NCC1(C(=O)[C@@H]2CCCN2)C=CC(C(=N)N)=CC1. The number of ketones is 1. The van der Waals surface area contributed by atoms with E-state index in [1.165, 1.54) is 0 Å². The molecular formula is C28H45N5O6. The number of carbonyl (C=O) groups is 4. The van der Waals surface area contributed by atoms with Gasteiger partial charge in [-0.15, -0.1) is 0 Å². The maximum absolute atomic E-state index is 13.7. The van der Waals surface area contributed by atoms with E-state index in [-0.39, 0.29) is 49.6 Å². The van der Waals surface area contributed by atoms with Crippen molar-refractivity contribution >= 4 is 29.6 Å². The van der Waals surface area contributed by atoms with Crippen LogP contribution in [0.25, 0.3) is 0 Å². The number of amides is 2. The molecule has 0 aromatic carbocycles. The molecule has 2 rings (SSSR count). The zero-order valence-corrected chi connectivity index (χ0v) is 24.1. The fourth-order valence-electron chi connectivity index (χ4n) is 4.69. The molecule has 3 atom stereocenters. The number of carbonyl (C=O) groups excluding carboxylic acids is 4. The first-order valence-corrected chi connectivity index (χ1v) is 13.6. The van der Waals surface area contributed by atoms with Crippen LogP contribution < -0.4 is 16.4 Å². The summed E-state index contributed by atoms with van der Waals surface area (Å²) in [5.41, 5.74) is 4.27. The average Bonchev–Trinajstić information content (AvgIpc) is 3.38. The number of amidine groups is 1. The number of hydrogen-bond acceptors (Lipinski definition) is 8. The van der Waals surface area contributed by atoms with Gasteiger partial charge in [0.2, 0.25) is 5.91 Å². The highest BCUT2D eigenvalue weighted by Gasteiger charge is 2.43. The fraction of sp³-hybridized carbons (Fsp3) is 0.679. The van der Waals surface area contributed by atoms with E-state index in [9.17, 15) is 19.2 Å². The Bertz CT molecular complexity index is 993. The molecule has 0 radical (unpaired) electrons. The Balaban J connectivity index is 2.34. The van der Waals surface area contributed by atoms with Crippen molar-refractivity contribution in [3.05, 3.63) is 23.8 Å². The largest absolute Gasteiger partial charge is 0.465 e. The van der Waals surface area contributed by atoms with Gasteiger partial charge >= 0.3 is 12.1 Å². The lowest BCUT2D eigenvalue weighted by Gasteiger charge is -2.36. The molecule has 1 aliphatic carbocycles. The minimum Gasteiger partial charge on any atom is -0.465 e. The summed E-state index contributed by atoms with van der Waals surface area (Å²) in [6, 6.07) is -1.37. The van der Waals surface area contributed by atoms with Crippen LogP contribution in [0, 0.1) is 16.7 Å². The van der Waals surface area contributed by atoms with Gasteiger partial charge in [-0.1, -0.05) is 32.1 Å². The number of hydrogen-bond donors (Lipinski definition) is 4. The molecule has 11 nitrogen and oxygen atoms in total. The smallest absolute Gasteiger partial charge is 0.411 e. The first-order chi connectivity index (χ1) is 18.2. The van der Waals surface area contributed by atoms with Crippen LogP contribution >= 0.6 is 0 Å². The predicted molar refractivity (Wildman–Crippen MR) is 148 cm³/mol. The lowest BCUT2D eigenvalue weighted by Crippen LogP contribution is -2.56. The van der Waals surface area contributed by atoms with E-state index < -0.39 is 41.6 Å². The van der Waals surface area contributed by atoms with Gasteiger partial charge in [0.1, 0.15) is 24.0 Å². The number of ether oxygens (including phenoxy) is 2. The normalized spacial score (nSPS) is 21.6. The Morgan fingerprint density at radius 1 is 1.28 bits per heavy atom. The standard InChI is InChI=1S/C28H45N5O6/c1-7-38-22(34)16-33(26(37)39-27(4,5)6)21(15-18(2)3)25(36)32-17-28(23(35)20-9-8-14-31-20)12-10-19(11-13-28)24(29)30/h10-12,18,20-21,31H,7-9,13-17H2,1-6H3,(H3,29,30)(H,32,36)/t20-,21+,28?/m0/s1. The monoisotopic (exact) mass is 547 g/mol. The molecular weight excluding hydrogens is 502 g/mol. The zero-order chi connectivity index (χ0) is 29.4. The molecule has 1 aliphatic heterocycles. The number of nitrogens with two attached hydrogens (primary N) is 1. The Labute approximate surface area is 231 Å². The number of nitrogens with zero attached hydrogens (tertiary/aromatic N) is 1. The molecule has 0 saturated carbocycles. The molecule has 218 valence electrons. The van der Waals surface area contributed by atoms with E-state index in [2.05, 4.69) is 10.6 Å². The predicted octanol–water partition coefficient (Wildman–Crippen LogP) is 2.45. The molecule has 1 unspecified atom stereocenters. The zero-order valence-electron chi connectivity index (χ0n) is 24.1. The van der Waals surface area contributed by atoms with Gasteiger partial charge in [0, 0.05) is 12.1 Å². The van der Waals surface area contributed by atoms with Crippen LogP contribution in [0.4, 0.5) is 4.79 Å². The number of allylic oxidation sites excluding steroid dienone is 1. The number of rotatable bonds is 12. The Morgan fingerprint density at radius 3 is 2.46 bits per heavy atom. The molecule has 0 aromatic heterocycles. The second-order valence-corrected chi connectivity index (χ2v) is 11.6.